The van der Waals surface area contributed by atoms with E-state index in [-0.39, 0.29) is 18.1 Å². The lowest BCUT2D eigenvalue weighted by molar-refractivity contribution is -0.158. The van der Waals surface area contributed by atoms with Crippen molar-refractivity contribution >= 4 is 5.91 Å². The van der Waals surface area contributed by atoms with E-state index in [0.717, 1.165) is 32.0 Å². The highest BCUT2D eigenvalue weighted by Gasteiger charge is 2.41. The summed E-state index contributed by atoms with van der Waals surface area (Å²) in [6, 6.07) is 0.0869. The summed E-state index contributed by atoms with van der Waals surface area (Å²) < 4.78 is 5.66. The van der Waals surface area contributed by atoms with Crippen LogP contribution < -0.4 is 5.43 Å². The van der Waals surface area contributed by atoms with E-state index < -0.39 is 0 Å². The highest BCUT2D eigenvalue weighted by atomic mass is 16.5. The maximum absolute atomic E-state index is 11.9. The Labute approximate surface area is 102 Å². The summed E-state index contributed by atoms with van der Waals surface area (Å²) in [7, 11) is 2.09. The summed E-state index contributed by atoms with van der Waals surface area (Å²) in [4.78, 5) is 14.1. The first-order valence-corrected chi connectivity index (χ1v) is 6.60. The van der Waals surface area contributed by atoms with Crippen molar-refractivity contribution in [2.45, 2.75) is 31.4 Å². The molecule has 1 N–H and O–H groups in total. The zero-order valence-corrected chi connectivity index (χ0v) is 10.4. The van der Waals surface area contributed by atoms with Crippen molar-refractivity contribution in [2.24, 2.45) is 5.92 Å². The van der Waals surface area contributed by atoms with Gasteiger partial charge in [0.05, 0.1) is 19.3 Å². The Morgan fingerprint density at radius 3 is 2.94 bits per heavy atom. The molecule has 0 bridgehead atoms. The number of likely N-dealkylation sites (N-methyl/N-ethyl adjacent to an activating group) is 1. The lowest BCUT2D eigenvalue weighted by Gasteiger charge is -2.42. The highest BCUT2D eigenvalue weighted by molar-refractivity contribution is 5.86. The first-order chi connectivity index (χ1) is 8.22. The monoisotopic (exact) mass is 239 g/mol. The third kappa shape index (κ3) is 2.61. The van der Waals surface area contributed by atoms with E-state index in [9.17, 15) is 4.79 Å². The van der Waals surface area contributed by atoms with E-state index in [4.69, 9.17) is 4.74 Å². The van der Waals surface area contributed by atoms with Gasteiger partial charge in [0, 0.05) is 13.1 Å². The van der Waals surface area contributed by atoms with Crippen molar-refractivity contribution in [3.8, 4) is 0 Å². The van der Waals surface area contributed by atoms with Gasteiger partial charge in [0.25, 0.3) is 5.91 Å². The van der Waals surface area contributed by atoms with Gasteiger partial charge in [-0.25, -0.2) is 5.43 Å². The fourth-order valence-electron chi connectivity index (χ4n) is 2.59. The van der Waals surface area contributed by atoms with E-state index in [0.29, 0.717) is 6.54 Å². The molecule has 0 radical (unpaired) electrons. The number of hydrogen-bond donors (Lipinski definition) is 1. The van der Waals surface area contributed by atoms with Crippen molar-refractivity contribution in [3.63, 3.8) is 0 Å². The van der Waals surface area contributed by atoms with Crippen LogP contribution in [0.15, 0.2) is 0 Å². The highest BCUT2D eigenvalue weighted by Crippen LogP contribution is 2.35. The number of rotatable bonds is 4. The summed E-state index contributed by atoms with van der Waals surface area (Å²) in [5.74, 6) is 1.06. The van der Waals surface area contributed by atoms with Crippen LogP contribution in [0.3, 0.4) is 0 Å². The molecule has 0 spiro atoms. The van der Waals surface area contributed by atoms with Gasteiger partial charge in [0.1, 0.15) is 6.04 Å². The molecule has 5 heteroatoms. The van der Waals surface area contributed by atoms with Crippen LogP contribution in [0.1, 0.15) is 19.3 Å². The van der Waals surface area contributed by atoms with Crippen molar-refractivity contribution in [3.05, 3.63) is 0 Å². The molecule has 3 rings (SSSR count). The summed E-state index contributed by atoms with van der Waals surface area (Å²) in [6.07, 6.45) is 3.80. The standard InChI is InChI=1S/C12H21N3O2/c1-14-4-5-17-10(7-14)8-15-12(16)11(13-15)6-9-2-3-9/h9-11,13H,2-8H2,1H3. The molecule has 2 aliphatic heterocycles. The molecule has 1 amide bonds. The largest absolute Gasteiger partial charge is 0.374 e. The summed E-state index contributed by atoms with van der Waals surface area (Å²) in [6.45, 7) is 3.36. The van der Waals surface area contributed by atoms with Crippen LogP contribution >= 0.6 is 0 Å². The third-order valence-corrected chi connectivity index (χ3v) is 3.87. The fraction of sp³-hybridized carbons (Fsp3) is 0.917. The van der Waals surface area contributed by atoms with Gasteiger partial charge in [0.2, 0.25) is 0 Å². The normalized spacial score (nSPS) is 34.9. The summed E-state index contributed by atoms with van der Waals surface area (Å²) in [5.41, 5.74) is 3.25. The molecule has 2 saturated heterocycles. The molecule has 0 aromatic carbocycles. The van der Waals surface area contributed by atoms with E-state index >= 15 is 0 Å². The summed E-state index contributed by atoms with van der Waals surface area (Å²) in [5, 5.41) is 1.73. The number of morpholine rings is 1. The van der Waals surface area contributed by atoms with Crippen LogP contribution in [0.5, 0.6) is 0 Å². The number of hydrogen-bond acceptors (Lipinski definition) is 4. The van der Waals surface area contributed by atoms with Crippen LogP contribution in [0, 0.1) is 5.92 Å². The van der Waals surface area contributed by atoms with Crippen LogP contribution in [0.25, 0.3) is 0 Å². The van der Waals surface area contributed by atoms with Crippen LogP contribution in [-0.2, 0) is 9.53 Å². The minimum atomic E-state index is 0.0869. The minimum Gasteiger partial charge on any atom is -0.374 e. The van der Waals surface area contributed by atoms with E-state index in [1.165, 1.54) is 12.8 Å². The second-order valence-electron chi connectivity index (χ2n) is 5.56. The Hall–Kier alpha value is -0.650. The molecule has 2 unspecified atom stereocenters. The number of carbonyl (C=O) groups is 1. The quantitative estimate of drug-likeness (QED) is 0.740. The molecule has 2 heterocycles. The zero-order chi connectivity index (χ0) is 11.8. The average molecular weight is 239 g/mol. The molecular formula is C12H21N3O2. The number of ether oxygens (including phenoxy) is 1. The Morgan fingerprint density at radius 2 is 2.29 bits per heavy atom. The van der Waals surface area contributed by atoms with E-state index in [1.807, 2.05) is 0 Å². The molecule has 5 nitrogen and oxygen atoms in total. The number of carbonyl (C=O) groups excluding carboxylic acids is 1. The predicted molar refractivity (Wildman–Crippen MR) is 63.2 cm³/mol. The van der Waals surface area contributed by atoms with Crippen molar-refractivity contribution in [1.29, 1.82) is 0 Å². The van der Waals surface area contributed by atoms with Crippen molar-refractivity contribution in [1.82, 2.24) is 15.3 Å². The van der Waals surface area contributed by atoms with E-state index in [2.05, 4.69) is 17.4 Å². The molecule has 3 aliphatic rings. The van der Waals surface area contributed by atoms with Gasteiger partial charge in [-0.1, -0.05) is 12.8 Å². The minimum absolute atomic E-state index is 0.0869. The Balaban J connectivity index is 1.42. The maximum atomic E-state index is 11.9. The first kappa shape index (κ1) is 11.4. The molecule has 17 heavy (non-hydrogen) atoms. The van der Waals surface area contributed by atoms with E-state index in [1.54, 1.807) is 5.01 Å². The van der Waals surface area contributed by atoms with Crippen LogP contribution in [0.2, 0.25) is 0 Å². The Bertz CT molecular complexity index is 306. The first-order valence-electron chi connectivity index (χ1n) is 6.60. The van der Waals surface area contributed by atoms with Crippen molar-refractivity contribution < 1.29 is 9.53 Å². The van der Waals surface area contributed by atoms with Gasteiger partial charge in [-0.05, 0) is 19.4 Å². The molecule has 1 aliphatic carbocycles. The number of nitrogens with one attached hydrogen (secondary N) is 1. The van der Waals surface area contributed by atoms with Gasteiger partial charge in [0.15, 0.2) is 0 Å². The Morgan fingerprint density at radius 1 is 1.47 bits per heavy atom. The number of amides is 1. The topological polar surface area (TPSA) is 44.8 Å². The number of hydrazine groups is 1. The fourth-order valence-corrected chi connectivity index (χ4v) is 2.59. The SMILES string of the molecule is CN1CCOC(CN2NC(CC3CC3)C2=O)C1. The molecule has 0 aromatic rings. The van der Waals surface area contributed by atoms with Gasteiger partial charge in [-0.2, -0.15) is 0 Å². The molecule has 3 fully saturated rings. The second kappa shape index (κ2) is 4.55. The van der Waals surface area contributed by atoms with Crippen molar-refractivity contribution in [2.75, 3.05) is 33.3 Å². The smallest absolute Gasteiger partial charge is 0.255 e. The van der Waals surface area contributed by atoms with Crippen LogP contribution in [0.4, 0.5) is 0 Å². The second-order valence-corrected chi connectivity index (χ2v) is 5.56. The average Bonchev–Trinajstić information content (AvgIpc) is 3.11. The Kier molecular flexibility index (Phi) is 3.06. The molecule has 1 saturated carbocycles. The maximum Gasteiger partial charge on any atom is 0.255 e. The third-order valence-electron chi connectivity index (χ3n) is 3.87. The molecule has 96 valence electrons. The number of nitrogens with zero attached hydrogens (tertiary/aromatic N) is 2. The van der Waals surface area contributed by atoms with Gasteiger partial charge < -0.3 is 9.64 Å². The zero-order valence-electron chi connectivity index (χ0n) is 10.4. The predicted octanol–water partition coefficient (Wildman–Crippen LogP) is -0.167. The molecule has 0 aromatic heterocycles. The van der Waals surface area contributed by atoms with Gasteiger partial charge in [-0.15, -0.1) is 0 Å². The lowest BCUT2D eigenvalue weighted by atomic mass is 10.1. The summed E-state index contributed by atoms with van der Waals surface area (Å²) >= 11 is 0. The lowest BCUT2D eigenvalue weighted by Crippen LogP contribution is -2.68. The van der Waals surface area contributed by atoms with Gasteiger partial charge in [-0.3, -0.25) is 9.80 Å². The van der Waals surface area contributed by atoms with Crippen LogP contribution in [-0.4, -0.2) is 61.3 Å². The van der Waals surface area contributed by atoms with Gasteiger partial charge >= 0.3 is 0 Å². The molecular weight excluding hydrogens is 218 g/mol. The molecule has 2 atom stereocenters.